The van der Waals surface area contributed by atoms with Gasteiger partial charge in [-0.3, -0.25) is 9.48 Å². The van der Waals surface area contributed by atoms with E-state index < -0.39 is 0 Å². The lowest BCUT2D eigenvalue weighted by atomic mass is 9.95. The Kier molecular flexibility index (Phi) is 6.66. The maximum absolute atomic E-state index is 12.9. The summed E-state index contributed by atoms with van der Waals surface area (Å²) in [6, 6.07) is 1.64. The van der Waals surface area contributed by atoms with Crippen LogP contribution in [0.15, 0.2) is 12.3 Å². The molecule has 8 nitrogen and oxygen atoms in total. The van der Waals surface area contributed by atoms with Gasteiger partial charge in [-0.1, -0.05) is 18.5 Å². The van der Waals surface area contributed by atoms with Gasteiger partial charge >= 0.3 is 5.97 Å². The van der Waals surface area contributed by atoms with Gasteiger partial charge in [0, 0.05) is 11.1 Å². The van der Waals surface area contributed by atoms with Gasteiger partial charge in [-0.25, -0.2) is 9.48 Å². The number of esters is 1. The average molecular weight is 476 g/mol. The van der Waals surface area contributed by atoms with E-state index in [1.54, 1.807) is 21.6 Å². The standard InChI is InChI=1S/C22H26ClN5O3S/c1-4-11-31-22(30)18-15-7-5-6-8-17(15)32-21(18)24-20(29)16-9-10-27(26-16)12-28-14(3)19(23)13(2)25-28/h9-10H,4-8,11-12H2,1-3H3,(H,24,29). The van der Waals surface area contributed by atoms with Gasteiger partial charge < -0.3 is 10.1 Å². The molecule has 0 atom stereocenters. The number of aromatic nitrogens is 4. The molecule has 1 amide bonds. The number of rotatable bonds is 7. The minimum absolute atomic E-state index is 0.261. The zero-order valence-electron chi connectivity index (χ0n) is 18.4. The van der Waals surface area contributed by atoms with Gasteiger partial charge in [0.05, 0.1) is 28.6 Å². The molecule has 0 saturated carbocycles. The monoisotopic (exact) mass is 475 g/mol. The van der Waals surface area contributed by atoms with E-state index in [1.165, 1.54) is 11.3 Å². The molecule has 3 heterocycles. The Hall–Kier alpha value is -2.65. The van der Waals surface area contributed by atoms with Crippen LogP contribution in [0.25, 0.3) is 0 Å². The number of amides is 1. The molecule has 170 valence electrons. The number of aryl methyl sites for hydroxylation is 2. The first-order valence-corrected chi connectivity index (χ1v) is 11.9. The molecule has 4 rings (SSSR count). The fraction of sp³-hybridized carbons (Fsp3) is 0.455. The van der Waals surface area contributed by atoms with Crippen LogP contribution in [0.3, 0.4) is 0 Å². The van der Waals surface area contributed by atoms with Crippen LogP contribution in [-0.2, 0) is 24.2 Å². The van der Waals surface area contributed by atoms with Crippen molar-refractivity contribution < 1.29 is 14.3 Å². The smallest absolute Gasteiger partial charge is 0.341 e. The number of carbonyl (C=O) groups is 2. The van der Waals surface area contributed by atoms with Crippen LogP contribution in [0.4, 0.5) is 5.00 Å². The highest BCUT2D eigenvalue weighted by Crippen LogP contribution is 2.38. The number of ether oxygens (including phenoxy) is 1. The minimum Gasteiger partial charge on any atom is -0.462 e. The van der Waals surface area contributed by atoms with E-state index in [0.717, 1.165) is 53.9 Å². The lowest BCUT2D eigenvalue weighted by Crippen LogP contribution is -2.17. The maximum atomic E-state index is 12.9. The molecule has 3 aromatic rings. The molecular weight excluding hydrogens is 450 g/mol. The number of fused-ring (bicyclic) bond motifs is 1. The lowest BCUT2D eigenvalue weighted by molar-refractivity contribution is 0.0505. The van der Waals surface area contributed by atoms with Gasteiger partial charge in [-0.05, 0) is 57.6 Å². The molecule has 0 spiro atoms. The molecule has 1 N–H and O–H groups in total. The number of anilines is 1. The van der Waals surface area contributed by atoms with Crippen LogP contribution >= 0.6 is 22.9 Å². The molecule has 0 bridgehead atoms. The fourth-order valence-corrected chi connectivity index (χ4v) is 5.22. The summed E-state index contributed by atoms with van der Waals surface area (Å²) < 4.78 is 8.76. The number of carbonyl (C=O) groups excluding carboxylic acids is 2. The SMILES string of the molecule is CCCOC(=O)c1c(NC(=O)c2ccn(Cn3nc(C)c(Cl)c3C)n2)sc2c1CCCC2. The highest BCUT2D eigenvalue weighted by molar-refractivity contribution is 7.17. The Bertz CT molecular complexity index is 1160. The van der Waals surface area contributed by atoms with Crippen molar-refractivity contribution in [2.75, 3.05) is 11.9 Å². The molecular formula is C22H26ClN5O3S. The van der Waals surface area contributed by atoms with Gasteiger partial charge in [-0.2, -0.15) is 10.2 Å². The molecule has 0 saturated heterocycles. The summed E-state index contributed by atoms with van der Waals surface area (Å²) >= 11 is 7.68. The number of nitrogens with zero attached hydrogens (tertiary/aromatic N) is 4. The first kappa shape index (κ1) is 22.5. The summed E-state index contributed by atoms with van der Waals surface area (Å²) in [4.78, 5) is 26.8. The van der Waals surface area contributed by atoms with Crippen molar-refractivity contribution in [2.45, 2.75) is 59.5 Å². The van der Waals surface area contributed by atoms with E-state index in [4.69, 9.17) is 16.3 Å². The summed E-state index contributed by atoms with van der Waals surface area (Å²) in [7, 11) is 0. The van der Waals surface area contributed by atoms with Crippen molar-refractivity contribution >= 4 is 39.8 Å². The Balaban J connectivity index is 1.53. The van der Waals surface area contributed by atoms with Crippen molar-refractivity contribution in [3.63, 3.8) is 0 Å². The Morgan fingerprint density at radius 3 is 2.75 bits per heavy atom. The first-order valence-electron chi connectivity index (χ1n) is 10.7. The lowest BCUT2D eigenvalue weighted by Gasteiger charge is -2.12. The number of nitrogens with one attached hydrogen (secondary N) is 1. The van der Waals surface area contributed by atoms with E-state index in [1.807, 2.05) is 20.8 Å². The predicted octanol–water partition coefficient (Wildman–Crippen LogP) is 4.62. The molecule has 1 aliphatic rings. The van der Waals surface area contributed by atoms with E-state index in [0.29, 0.717) is 28.9 Å². The maximum Gasteiger partial charge on any atom is 0.341 e. The van der Waals surface area contributed by atoms with Crippen molar-refractivity contribution in [3.05, 3.63) is 50.4 Å². The van der Waals surface area contributed by atoms with Crippen molar-refractivity contribution in [3.8, 4) is 0 Å². The van der Waals surface area contributed by atoms with Crippen LogP contribution in [0.1, 0.15) is 68.9 Å². The second kappa shape index (κ2) is 9.46. The predicted molar refractivity (Wildman–Crippen MR) is 124 cm³/mol. The summed E-state index contributed by atoms with van der Waals surface area (Å²) in [5.74, 6) is -0.730. The van der Waals surface area contributed by atoms with Crippen molar-refractivity contribution in [1.29, 1.82) is 0 Å². The molecule has 3 aromatic heterocycles. The van der Waals surface area contributed by atoms with Gasteiger partial charge in [0.25, 0.3) is 5.91 Å². The van der Waals surface area contributed by atoms with Crippen LogP contribution < -0.4 is 5.32 Å². The Labute approximate surface area is 195 Å². The topological polar surface area (TPSA) is 91.0 Å². The second-order valence-corrected chi connectivity index (χ2v) is 9.35. The third-order valence-corrected chi connectivity index (χ3v) is 7.24. The zero-order chi connectivity index (χ0) is 22.8. The van der Waals surface area contributed by atoms with E-state index >= 15 is 0 Å². The largest absolute Gasteiger partial charge is 0.462 e. The number of halogens is 1. The average Bonchev–Trinajstić information content (AvgIpc) is 3.45. The third-order valence-electron chi connectivity index (χ3n) is 5.49. The second-order valence-electron chi connectivity index (χ2n) is 7.87. The van der Waals surface area contributed by atoms with Crippen LogP contribution in [0, 0.1) is 13.8 Å². The highest BCUT2D eigenvalue weighted by atomic mass is 35.5. The first-order chi connectivity index (χ1) is 15.4. The molecule has 32 heavy (non-hydrogen) atoms. The highest BCUT2D eigenvalue weighted by Gasteiger charge is 2.28. The number of hydrogen-bond donors (Lipinski definition) is 1. The zero-order valence-corrected chi connectivity index (χ0v) is 20.0. The van der Waals surface area contributed by atoms with Gasteiger partial charge in [0.15, 0.2) is 5.69 Å². The quantitative estimate of drug-likeness (QED) is 0.503. The van der Waals surface area contributed by atoms with E-state index in [9.17, 15) is 9.59 Å². The van der Waals surface area contributed by atoms with E-state index in [2.05, 4.69) is 15.5 Å². The van der Waals surface area contributed by atoms with Gasteiger partial charge in [0.2, 0.25) is 0 Å². The third kappa shape index (κ3) is 4.45. The van der Waals surface area contributed by atoms with E-state index in [-0.39, 0.29) is 17.6 Å². The van der Waals surface area contributed by atoms with Crippen molar-refractivity contribution in [2.24, 2.45) is 0 Å². The molecule has 0 unspecified atom stereocenters. The molecule has 0 radical (unpaired) electrons. The summed E-state index contributed by atoms with van der Waals surface area (Å²) in [5, 5.41) is 12.8. The summed E-state index contributed by atoms with van der Waals surface area (Å²) in [5.41, 5.74) is 3.37. The fourth-order valence-electron chi connectivity index (χ4n) is 3.82. The van der Waals surface area contributed by atoms with Gasteiger partial charge in [0.1, 0.15) is 11.7 Å². The van der Waals surface area contributed by atoms with Crippen LogP contribution in [0.5, 0.6) is 0 Å². The number of hydrogen-bond acceptors (Lipinski definition) is 6. The van der Waals surface area contributed by atoms with Gasteiger partial charge in [-0.15, -0.1) is 11.3 Å². The molecule has 0 aliphatic heterocycles. The molecule has 0 fully saturated rings. The van der Waals surface area contributed by atoms with Crippen molar-refractivity contribution in [1.82, 2.24) is 19.6 Å². The summed E-state index contributed by atoms with van der Waals surface area (Å²) in [6.45, 7) is 6.39. The van der Waals surface area contributed by atoms with Crippen LogP contribution in [-0.4, -0.2) is 38.0 Å². The molecule has 1 aliphatic carbocycles. The molecule has 10 heteroatoms. The summed E-state index contributed by atoms with van der Waals surface area (Å²) in [6.07, 6.45) is 6.34. The minimum atomic E-state index is -0.367. The molecule has 0 aromatic carbocycles. The normalized spacial score (nSPS) is 13.1. The Morgan fingerprint density at radius 1 is 1.25 bits per heavy atom. The van der Waals surface area contributed by atoms with Crippen LogP contribution in [0.2, 0.25) is 5.02 Å². The Morgan fingerprint density at radius 2 is 2.03 bits per heavy atom. The number of thiophene rings is 1.